The van der Waals surface area contributed by atoms with Crippen molar-refractivity contribution in [3.05, 3.63) is 60.1 Å². The van der Waals surface area contributed by atoms with Gasteiger partial charge in [-0.25, -0.2) is 0 Å². The molecular formula is C14H14N2O2S. The topological polar surface area (TPSA) is 54.3 Å². The number of carbonyl (C=O) groups excluding carboxylic acids is 1. The van der Waals surface area contributed by atoms with Crippen LogP contribution in [0.3, 0.4) is 0 Å². The lowest BCUT2D eigenvalue weighted by Gasteiger charge is -2.08. The molecule has 4 nitrogen and oxygen atoms in total. The van der Waals surface area contributed by atoms with Crippen molar-refractivity contribution in [2.75, 3.05) is 0 Å². The van der Waals surface area contributed by atoms with E-state index in [0.717, 1.165) is 5.56 Å². The fourth-order valence-corrected chi connectivity index (χ4v) is 1.66. The molecule has 0 atom stereocenters. The SMILES string of the molecule is O=C(NCc1ccco1)C(=S)NCc1ccccc1. The Hall–Kier alpha value is -2.14. The summed E-state index contributed by atoms with van der Waals surface area (Å²) in [5, 5.41) is 5.60. The molecule has 2 N–H and O–H groups in total. The highest BCUT2D eigenvalue weighted by Gasteiger charge is 2.08. The predicted octanol–water partition coefficient (Wildman–Crippen LogP) is 2.01. The molecule has 0 radical (unpaired) electrons. The molecule has 98 valence electrons. The van der Waals surface area contributed by atoms with E-state index in [-0.39, 0.29) is 10.9 Å². The van der Waals surface area contributed by atoms with Gasteiger partial charge in [0.25, 0.3) is 5.91 Å². The average molecular weight is 274 g/mol. The maximum absolute atomic E-state index is 11.7. The van der Waals surface area contributed by atoms with E-state index in [1.807, 2.05) is 30.3 Å². The summed E-state index contributed by atoms with van der Waals surface area (Å²) in [7, 11) is 0. The van der Waals surface area contributed by atoms with E-state index >= 15 is 0 Å². The lowest BCUT2D eigenvalue weighted by atomic mass is 10.2. The second-order valence-corrected chi connectivity index (χ2v) is 4.34. The van der Waals surface area contributed by atoms with E-state index < -0.39 is 0 Å². The molecule has 1 amide bonds. The van der Waals surface area contributed by atoms with Crippen LogP contribution in [0.1, 0.15) is 11.3 Å². The van der Waals surface area contributed by atoms with Gasteiger partial charge in [0.2, 0.25) is 0 Å². The predicted molar refractivity (Wildman–Crippen MR) is 76.4 cm³/mol. The molecule has 0 bridgehead atoms. The number of nitrogens with one attached hydrogen (secondary N) is 2. The van der Waals surface area contributed by atoms with Gasteiger partial charge in [0.05, 0.1) is 12.8 Å². The Morgan fingerprint density at radius 1 is 1.05 bits per heavy atom. The first-order valence-electron chi connectivity index (χ1n) is 5.88. The van der Waals surface area contributed by atoms with Crippen LogP contribution in [0, 0.1) is 0 Å². The molecule has 1 heterocycles. The molecule has 5 heteroatoms. The Labute approximate surface area is 116 Å². The van der Waals surface area contributed by atoms with Crippen LogP contribution in [0.25, 0.3) is 0 Å². The number of rotatable bonds is 4. The summed E-state index contributed by atoms with van der Waals surface area (Å²) < 4.78 is 5.11. The molecule has 0 aliphatic carbocycles. The quantitative estimate of drug-likeness (QED) is 0.837. The van der Waals surface area contributed by atoms with Gasteiger partial charge < -0.3 is 15.1 Å². The van der Waals surface area contributed by atoms with Crippen molar-refractivity contribution in [1.82, 2.24) is 10.6 Å². The summed E-state index contributed by atoms with van der Waals surface area (Å²) in [5.74, 6) is 0.390. The molecule has 1 aromatic carbocycles. The Kier molecular flexibility index (Phi) is 4.69. The zero-order valence-corrected chi connectivity index (χ0v) is 11.1. The summed E-state index contributed by atoms with van der Waals surface area (Å²) in [6.45, 7) is 0.868. The number of hydrogen-bond acceptors (Lipinski definition) is 3. The van der Waals surface area contributed by atoms with Crippen molar-refractivity contribution >= 4 is 23.1 Å². The van der Waals surface area contributed by atoms with Gasteiger partial charge in [0, 0.05) is 6.54 Å². The molecule has 2 rings (SSSR count). The largest absolute Gasteiger partial charge is 0.467 e. The minimum absolute atomic E-state index is 0.176. The number of benzene rings is 1. The van der Waals surface area contributed by atoms with Crippen molar-refractivity contribution in [3.63, 3.8) is 0 Å². The van der Waals surface area contributed by atoms with Crippen molar-refractivity contribution in [3.8, 4) is 0 Å². The highest BCUT2D eigenvalue weighted by atomic mass is 32.1. The van der Waals surface area contributed by atoms with Crippen molar-refractivity contribution in [2.24, 2.45) is 0 Å². The maximum Gasteiger partial charge on any atom is 0.279 e. The Morgan fingerprint density at radius 3 is 2.53 bits per heavy atom. The van der Waals surface area contributed by atoms with Gasteiger partial charge in [-0.2, -0.15) is 0 Å². The molecular weight excluding hydrogens is 260 g/mol. The van der Waals surface area contributed by atoms with Crippen LogP contribution >= 0.6 is 12.2 Å². The van der Waals surface area contributed by atoms with E-state index in [2.05, 4.69) is 10.6 Å². The van der Waals surface area contributed by atoms with Gasteiger partial charge in [0.1, 0.15) is 5.76 Å². The third-order valence-electron chi connectivity index (χ3n) is 2.51. The van der Waals surface area contributed by atoms with Crippen LogP contribution in [0.4, 0.5) is 0 Å². The average Bonchev–Trinajstić information content (AvgIpc) is 2.96. The Morgan fingerprint density at radius 2 is 1.84 bits per heavy atom. The molecule has 0 fully saturated rings. The van der Waals surface area contributed by atoms with Gasteiger partial charge in [-0.3, -0.25) is 4.79 Å². The van der Waals surface area contributed by atoms with Gasteiger partial charge in [-0.1, -0.05) is 42.5 Å². The Balaban J connectivity index is 1.75. The molecule has 0 saturated heterocycles. The number of amides is 1. The lowest BCUT2D eigenvalue weighted by molar-refractivity contribution is -0.115. The summed E-state index contributed by atoms with van der Waals surface area (Å²) >= 11 is 5.02. The van der Waals surface area contributed by atoms with Crippen molar-refractivity contribution in [2.45, 2.75) is 13.1 Å². The van der Waals surface area contributed by atoms with Crippen LogP contribution in [0.15, 0.2) is 53.1 Å². The molecule has 0 unspecified atom stereocenters. The minimum atomic E-state index is -0.303. The summed E-state index contributed by atoms with van der Waals surface area (Å²) in [4.78, 5) is 11.9. The zero-order chi connectivity index (χ0) is 13.5. The molecule has 0 aliphatic heterocycles. The smallest absolute Gasteiger partial charge is 0.279 e. The van der Waals surface area contributed by atoms with E-state index in [9.17, 15) is 4.79 Å². The summed E-state index contributed by atoms with van der Waals surface area (Å²) in [6, 6.07) is 13.3. The van der Waals surface area contributed by atoms with Crippen molar-refractivity contribution < 1.29 is 9.21 Å². The van der Waals surface area contributed by atoms with Crippen LogP contribution in [-0.4, -0.2) is 10.9 Å². The highest BCUT2D eigenvalue weighted by molar-refractivity contribution is 7.82. The first-order valence-corrected chi connectivity index (χ1v) is 6.29. The molecule has 1 aromatic heterocycles. The summed E-state index contributed by atoms with van der Waals surface area (Å²) in [5.41, 5.74) is 1.07. The molecule has 2 aromatic rings. The van der Waals surface area contributed by atoms with Crippen molar-refractivity contribution in [1.29, 1.82) is 0 Å². The molecule has 19 heavy (non-hydrogen) atoms. The number of furan rings is 1. The zero-order valence-electron chi connectivity index (χ0n) is 10.3. The highest BCUT2D eigenvalue weighted by Crippen LogP contribution is 1.99. The number of hydrogen-bond donors (Lipinski definition) is 2. The third-order valence-corrected chi connectivity index (χ3v) is 2.84. The fraction of sp³-hybridized carbons (Fsp3) is 0.143. The summed E-state index contributed by atoms with van der Waals surface area (Å²) in [6.07, 6.45) is 1.56. The molecule has 0 spiro atoms. The van der Waals surface area contributed by atoms with Crippen LogP contribution in [-0.2, 0) is 17.9 Å². The first kappa shape index (κ1) is 13.3. The van der Waals surface area contributed by atoms with E-state index in [0.29, 0.717) is 18.8 Å². The standard InChI is InChI=1S/C14H14N2O2S/c17-13(15-10-12-7-4-8-18-12)14(19)16-9-11-5-2-1-3-6-11/h1-8H,9-10H2,(H,15,17)(H,16,19). The van der Waals surface area contributed by atoms with Crippen LogP contribution in [0.5, 0.6) is 0 Å². The first-order chi connectivity index (χ1) is 9.25. The van der Waals surface area contributed by atoms with Gasteiger partial charge in [-0.05, 0) is 17.7 Å². The van der Waals surface area contributed by atoms with E-state index in [1.54, 1.807) is 18.4 Å². The number of carbonyl (C=O) groups is 1. The second-order valence-electron chi connectivity index (χ2n) is 3.93. The molecule has 0 saturated carbocycles. The van der Waals surface area contributed by atoms with Crippen LogP contribution in [0.2, 0.25) is 0 Å². The van der Waals surface area contributed by atoms with E-state index in [4.69, 9.17) is 16.6 Å². The third kappa shape index (κ3) is 4.22. The van der Waals surface area contributed by atoms with Gasteiger partial charge >= 0.3 is 0 Å². The monoisotopic (exact) mass is 274 g/mol. The van der Waals surface area contributed by atoms with Gasteiger partial charge in [-0.15, -0.1) is 0 Å². The minimum Gasteiger partial charge on any atom is -0.467 e. The lowest BCUT2D eigenvalue weighted by Crippen LogP contribution is -2.37. The van der Waals surface area contributed by atoms with Gasteiger partial charge in [0.15, 0.2) is 4.99 Å². The van der Waals surface area contributed by atoms with Crippen LogP contribution < -0.4 is 10.6 Å². The second kappa shape index (κ2) is 6.70. The Bertz CT molecular complexity index is 538. The maximum atomic E-state index is 11.7. The van der Waals surface area contributed by atoms with E-state index in [1.165, 1.54) is 0 Å². The number of thiocarbonyl (C=S) groups is 1. The molecule has 0 aliphatic rings. The fourth-order valence-electron chi connectivity index (χ4n) is 1.52. The normalized spacial score (nSPS) is 9.89.